The maximum absolute atomic E-state index is 14.0. The minimum atomic E-state index is -3.08. The van der Waals surface area contributed by atoms with Gasteiger partial charge in [0.15, 0.2) is 0 Å². The molecule has 0 N–H and O–H groups in total. The summed E-state index contributed by atoms with van der Waals surface area (Å²) in [6.07, 6.45) is 2.19. The molecule has 2 aliphatic heterocycles. The quantitative estimate of drug-likeness (QED) is 0.423. The second-order valence-electron chi connectivity index (χ2n) is 10.8. The molecule has 0 saturated carbocycles. The van der Waals surface area contributed by atoms with Crippen LogP contribution in [-0.4, -0.2) is 54.8 Å². The second kappa shape index (κ2) is 9.48. The van der Waals surface area contributed by atoms with Gasteiger partial charge in [0.1, 0.15) is 15.3 Å². The van der Waals surface area contributed by atoms with Gasteiger partial charge in [0.05, 0.1) is 12.3 Å². The average molecular weight is 542 g/mol. The maximum Gasteiger partial charge on any atom is 0.241 e. The minimum absolute atomic E-state index is 0.00766. The zero-order chi connectivity index (χ0) is 26.5. The van der Waals surface area contributed by atoms with Crippen LogP contribution < -0.4 is 4.90 Å². The van der Waals surface area contributed by atoms with E-state index in [-0.39, 0.29) is 23.5 Å². The number of nitrogens with zero attached hydrogens (tertiary/aromatic N) is 3. The molecule has 37 heavy (non-hydrogen) atoms. The maximum atomic E-state index is 14.0. The number of amides is 2. The largest absolute Gasteiger partial charge is 0.343 e. The first-order chi connectivity index (χ1) is 17.5. The van der Waals surface area contributed by atoms with E-state index in [1.165, 1.54) is 6.26 Å². The number of hydrogen-bond donors (Lipinski definition) is 0. The summed E-state index contributed by atoms with van der Waals surface area (Å²) in [5, 5.41) is 1.57. The van der Waals surface area contributed by atoms with Gasteiger partial charge in [0, 0.05) is 59.6 Å². The number of anilines is 1. The van der Waals surface area contributed by atoms with E-state index in [1.54, 1.807) is 4.90 Å². The number of carbonyl (C=O) groups excluding carboxylic acids is 2. The highest BCUT2D eigenvalue weighted by molar-refractivity contribution is 7.90. The van der Waals surface area contributed by atoms with Crippen LogP contribution in [0, 0.1) is 5.92 Å². The van der Waals surface area contributed by atoms with Gasteiger partial charge in [-0.1, -0.05) is 43.6 Å². The van der Waals surface area contributed by atoms with Crippen molar-refractivity contribution in [3.05, 3.63) is 64.8 Å². The van der Waals surface area contributed by atoms with Crippen molar-refractivity contribution in [2.75, 3.05) is 30.0 Å². The van der Waals surface area contributed by atoms with Crippen molar-refractivity contribution in [3.8, 4) is 0 Å². The fraction of sp³-hybridized carbons (Fsp3) is 0.429. The standard InChI is InChI=1S/C28H32ClN3O4S/c1-19(2)13-26(33)30-17-28(18-30)23-7-4-5-8-25(23)32(27(28)34)16-22-15-20-14-21(29)9-10-24(20)31(22)11-6-12-37(3,35)36/h4-5,7-10,14-15,19H,6,11-13,16-18H2,1-3H3. The van der Waals surface area contributed by atoms with Crippen LogP contribution in [0.5, 0.6) is 0 Å². The fourth-order valence-corrected chi connectivity index (χ4v) is 6.49. The molecule has 1 aromatic heterocycles. The van der Waals surface area contributed by atoms with Crippen molar-refractivity contribution in [2.24, 2.45) is 5.92 Å². The third-order valence-electron chi connectivity index (χ3n) is 7.39. The lowest BCUT2D eigenvalue weighted by Gasteiger charge is -2.47. The van der Waals surface area contributed by atoms with Gasteiger partial charge in [-0.25, -0.2) is 8.42 Å². The number of hydrogen-bond acceptors (Lipinski definition) is 4. The Kier molecular flexibility index (Phi) is 6.61. The van der Waals surface area contributed by atoms with Crippen LogP contribution in [0.4, 0.5) is 5.69 Å². The number of halogens is 1. The predicted octanol–water partition coefficient (Wildman–Crippen LogP) is 4.40. The summed E-state index contributed by atoms with van der Waals surface area (Å²) in [5.74, 6) is 0.458. The molecular formula is C28H32ClN3O4S. The number of fused-ring (bicyclic) bond motifs is 3. The molecule has 0 atom stereocenters. The van der Waals surface area contributed by atoms with Gasteiger partial charge in [-0.05, 0) is 48.2 Å². The second-order valence-corrected chi connectivity index (χ2v) is 13.5. The van der Waals surface area contributed by atoms with E-state index in [2.05, 4.69) is 4.57 Å². The van der Waals surface area contributed by atoms with Crippen molar-refractivity contribution in [1.29, 1.82) is 0 Å². The Morgan fingerprint density at radius 2 is 1.84 bits per heavy atom. The van der Waals surface area contributed by atoms with E-state index >= 15 is 0 Å². The summed E-state index contributed by atoms with van der Waals surface area (Å²) >= 11 is 6.25. The van der Waals surface area contributed by atoms with Crippen LogP contribution in [-0.2, 0) is 37.9 Å². The van der Waals surface area contributed by atoms with Crippen LogP contribution >= 0.6 is 11.6 Å². The van der Waals surface area contributed by atoms with E-state index in [0.29, 0.717) is 44.0 Å². The van der Waals surface area contributed by atoms with Gasteiger partial charge in [0.25, 0.3) is 0 Å². The Morgan fingerprint density at radius 1 is 1.11 bits per heavy atom. The summed E-state index contributed by atoms with van der Waals surface area (Å²) in [5.41, 5.74) is 3.00. The lowest BCUT2D eigenvalue weighted by atomic mass is 9.74. The van der Waals surface area contributed by atoms with Crippen LogP contribution in [0.2, 0.25) is 5.02 Å². The molecule has 7 nitrogen and oxygen atoms in total. The smallest absolute Gasteiger partial charge is 0.241 e. The fourth-order valence-electron chi connectivity index (χ4n) is 5.66. The SMILES string of the molecule is CC(C)CC(=O)N1CC2(C1)C(=O)N(Cc1cc3cc(Cl)ccc3n1CCCS(C)(=O)=O)c1ccccc12. The topological polar surface area (TPSA) is 79.7 Å². The van der Waals surface area contributed by atoms with Gasteiger partial charge >= 0.3 is 0 Å². The molecule has 196 valence electrons. The third-order valence-corrected chi connectivity index (χ3v) is 8.65. The third kappa shape index (κ3) is 4.77. The summed E-state index contributed by atoms with van der Waals surface area (Å²) in [7, 11) is -3.08. The Balaban J connectivity index is 1.46. The number of aromatic nitrogens is 1. The van der Waals surface area contributed by atoms with Gasteiger partial charge in [0.2, 0.25) is 11.8 Å². The number of benzene rings is 2. The van der Waals surface area contributed by atoms with Crippen molar-refractivity contribution < 1.29 is 18.0 Å². The Bertz CT molecular complexity index is 1490. The number of rotatable bonds is 8. The molecule has 5 rings (SSSR count). The first kappa shape index (κ1) is 25.8. The van der Waals surface area contributed by atoms with Crippen molar-refractivity contribution >= 4 is 49.8 Å². The molecule has 0 aliphatic carbocycles. The highest BCUT2D eigenvalue weighted by Gasteiger charge is 2.59. The van der Waals surface area contributed by atoms with E-state index in [0.717, 1.165) is 27.8 Å². The lowest BCUT2D eigenvalue weighted by molar-refractivity contribution is -0.144. The first-order valence-electron chi connectivity index (χ1n) is 12.6. The van der Waals surface area contributed by atoms with Gasteiger partial charge in [-0.2, -0.15) is 0 Å². The van der Waals surface area contributed by atoms with Crippen LogP contribution in [0.3, 0.4) is 0 Å². The van der Waals surface area contributed by atoms with E-state index in [9.17, 15) is 18.0 Å². The summed E-state index contributed by atoms with van der Waals surface area (Å²) < 4.78 is 25.6. The molecule has 9 heteroatoms. The summed E-state index contributed by atoms with van der Waals surface area (Å²) in [6.45, 7) is 5.71. The van der Waals surface area contributed by atoms with Crippen LogP contribution in [0.15, 0.2) is 48.5 Å². The molecule has 0 bridgehead atoms. The molecule has 2 aliphatic rings. The monoisotopic (exact) mass is 541 g/mol. The molecule has 0 radical (unpaired) electrons. The van der Waals surface area contributed by atoms with Crippen molar-refractivity contribution in [2.45, 2.75) is 45.2 Å². The normalized spacial score (nSPS) is 16.6. The Morgan fingerprint density at radius 3 is 2.54 bits per heavy atom. The molecule has 3 aromatic rings. The zero-order valence-electron chi connectivity index (χ0n) is 21.4. The summed E-state index contributed by atoms with van der Waals surface area (Å²) in [6, 6.07) is 15.5. The van der Waals surface area contributed by atoms with Gasteiger partial charge in [-0.15, -0.1) is 0 Å². The van der Waals surface area contributed by atoms with E-state index in [1.807, 2.05) is 67.3 Å². The molecule has 3 heterocycles. The predicted molar refractivity (Wildman–Crippen MR) is 147 cm³/mol. The van der Waals surface area contributed by atoms with Crippen molar-refractivity contribution in [3.63, 3.8) is 0 Å². The van der Waals surface area contributed by atoms with Crippen LogP contribution in [0.1, 0.15) is 37.9 Å². The van der Waals surface area contributed by atoms with Gasteiger partial charge < -0.3 is 14.4 Å². The minimum Gasteiger partial charge on any atom is -0.343 e. The van der Waals surface area contributed by atoms with Crippen molar-refractivity contribution in [1.82, 2.24) is 9.47 Å². The summed E-state index contributed by atoms with van der Waals surface area (Å²) in [4.78, 5) is 30.2. The van der Waals surface area contributed by atoms with E-state index in [4.69, 9.17) is 11.6 Å². The number of para-hydroxylation sites is 1. The van der Waals surface area contributed by atoms with Crippen LogP contribution in [0.25, 0.3) is 10.9 Å². The molecule has 0 unspecified atom stereocenters. The van der Waals surface area contributed by atoms with E-state index < -0.39 is 15.3 Å². The Hall–Kier alpha value is -2.84. The zero-order valence-corrected chi connectivity index (χ0v) is 23.0. The lowest BCUT2D eigenvalue weighted by Crippen LogP contribution is -2.65. The highest BCUT2D eigenvalue weighted by atomic mass is 35.5. The average Bonchev–Trinajstić information content (AvgIpc) is 3.23. The number of likely N-dealkylation sites (tertiary alicyclic amines) is 1. The molecular weight excluding hydrogens is 510 g/mol. The first-order valence-corrected chi connectivity index (χ1v) is 15.1. The number of aryl methyl sites for hydroxylation is 1. The molecule has 1 fully saturated rings. The molecule has 2 aromatic carbocycles. The Labute approximate surface area is 222 Å². The molecule has 2 amide bonds. The number of sulfone groups is 1. The number of carbonyl (C=O) groups is 2. The van der Waals surface area contributed by atoms with Gasteiger partial charge in [-0.3, -0.25) is 9.59 Å². The highest BCUT2D eigenvalue weighted by Crippen LogP contribution is 2.48. The molecule has 1 spiro atoms. The molecule has 1 saturated heterocycles.